The summed E-state index contributed by atoms with van der Waals surface area (Å²) < 4.78 is 45.2. The molecule has 1 atom stereocenters. The number of hydrogen-bond donors (Lipinski definition) is 0. The number of nitrogens with zero attached hydrogens (tertiary/aromatic N) is 2. The quantitative estimate of drug-likeness (QED) is 0.708. The number of benzene rings is 2. The Hall–Kier alpha value is -2.80. The van der Waals surface area contributed by atoms with Crippen molar-refractivity contribution >= 4 is 34.5 Å². The molecule has 0 spiro atoms. The van der Waals surface area contributed by atoms with Crippen LogP contribution in [-0.4, -0.2) is 31.0 Å². The predicted molar refractivity (Wildman–Crippen MR) is 97.6 cm³/mol. The number of anilines is 1. The number of hydrazone groups is 1. The zero-order valence-electron chi connectivity index (χ0n) is 14.1. The summed E-state index contributed by atoms with van der Waals surface area (Å²) in [5.41, 5.74) is -0.261. The summed E-state index contributed by atoms with van der Waals surface area (Å²) in [7, 11) is 1.17. The van der Waals surface area contributed by atoms with Crippen molar-refractivity contribution in [3.8, 4) is 0 Å². The molecule has 8 heteroatoms. The van der Waals surface area contributed by atoms with Crippen molar-refractivity contribution in [2.45, 2.75) is 12.2 Å². The average molecular weight is 395 g/mol. The van der Waals surface area contributed by atoms with Crippen molar-refractivity contribution in [2.75, 3.05) is 12.1 Å². The second kappa shape index (κ2) is 7.44. The smallest absolute Gasteiger partial charge is 0.435 e. The number of ether oxygens (including phenoxy) is 1. The van der Waals surface area contributed by atoms with E-state index in [0.29, 0.717) is 16.3 Å². The van der Waals surface area contributed by atoms with Crippen LogP contribution in [0, 0.1) is 0 Å². The molecule has 2 aromatic rings. The standard InChI is InChI=1S/C19H14ClF3N2O2/c1-27-18(26)17-15(12-7-9-13(20)10-8-12)11-16(19(21,22)23)24-25(17)14-5-3-2-4-6-14/h2-11,17H,1H3. The van der Waals surface area contributed by atoms with Gasteiger partial charge in [0.25, 0.3) is 0 Å². The molecule has 0 saturated heterocycles. The highest BCUT2D eigenvalue weighted by Crippen LogP contribution is 2.35. The highest BCUT2D eigenvalue weighted by molar-refractivity contribution is 6.30. The van der Waals surface area contributed by atoms with Crippen LogP contribution in [0.2, 0.25) is 5.02 Å². The molecule has 27 heavy (non-hydrogen) atoms. The number of halogens is 4. The highest BCUT2D eigenvalue weighted by Gasteiger charge is 2.42. The van der Waals surface area contributed by atoms with Gasteiger partial charge in [-0.2, -0.15) is 18.3 Å². The molecule has 2 aromatic carbocycles. The van der Waals surface area contributed by atoms with Gasteiger partial charge in [0.15, 0.2) is 11.8 Å². The Kier molecular flexibility index (Phi) is 5.23. The SMILES string of the molecule is COC(=O)C1C(c2ccc(Cl)cc2)=CC(C(F)(F)F)=NN1c1ccccc1. The lowest BCUT2D eigenvalue weighted by molar-refractivity contribution is -0.140. The third-order valence-electron chi connectivity index (χ3n) is 3.96. The molecule has 1 aliphatic heterocycles. The fourth-order valence-corrected chi connectivity index (χ4v) is 2.83. The molecule has 1 unspecified atom stereocenters. The van der Waals surface area contributed by atoms with E-state index >= 15 is 0 Å². The number of esters is 1. The molecule has 3 rings (SSSR count). The van der Waals surface area contributed by atoms with Crippen LogP contribution in [0.4, 0.5) is 18.9 Å². The molecule has 0 amide bonds. The molecule has 0 bridgehead atoms. The number of carbonyl (C=O) groups is 1. The van der Waals surface area contributed by atoms with E-state index in [9.17, 15) is 18.0 Å². The Bertz CT molecular complexity index is 893. The minimum absolute atomic E-state index is 0.115. The van der Waals surface area contributed by atoms with Crippen LogP contribution >= 0.6 is 11.6 Å². The maximum Gasteiger partial charge on any atom is 0.435 e. The first-order valence-electron chi connectivity index (χ1n) is 7.86. The van der Waals surface area contributed by atoms with Gasteiger partial charge in [-0.15, -0.1) is 0 Å². The Labute approximate surface area is 158 Å². The van der Waals surface area contributed by atoms with Gasteiger partial charge in [0.05, 0.1) is 12.8 Å². The summed E-state index contributed by atoms with van der Waals surface area (Å²) >= 11 is 5.88. The summed E-state index contributed by atoms with van der Waals surface area (Å²) in [4.78, 5) is 12.5. The summed E-state index contributed by atoms with van der Waals surface area (Å²) in [6.45, 7) is 0. The van der Waals surface area contributed by atoms with E-state index in [0.717, 1.165) is 11.1 Å². The molecule has 140 valence electrons. The topological polar surface area (TPSA) is 41.9 Å². The van der Waals surface area contributed by atoms with Gasteiger partial charge in [-0.25, -0.2) is 9.80 Å². The van der Waals surface area contributed by atoms with Crippen LogP contribution in [0.1, 0.15) is 5.56 Å². The highest BCUT2D eigenvalue weighted by atomic mass is 35.5. The fraction of sp³-hybridized carbons (Fsp3) is 0.158. The minimum Gasteiger partial charge on any atom is -0.467 e. The molecule has 1 aliphatic rings. The maximum absolute atomic E-state index is 13.5. The largest absolute Gasteiger partial charge is 0.467 e. The van der Waals surface area contributed by atoms with Crippen molar-refractivity contribution in [3.63, 3.8) is 0 Å². The Morgan fingerprint density at radius 2 is 1.74 bits per heavy atom. The van der Waals surface area contributed by atoms with E-state index < -0.39 is 23.9 Å². The number of alkyl halides is 3. The summed E-state index contributed by atoms with van der Waals surface area (Å²) in [6.07, 6.45) is -3.82. The van der Waals surface area contributed by atoms with E-state index in [1.54, 1.807) is 42.5 Å². The van der Waals surface area contributed by atoms with Crippen LogP contribution < -0.4 is 5.01 Å². The van der Waals surface area contributed by atoms with Gasteiger partial charge >= 0.3 is 12.1 Å². The normalized spacial score (nSPS) is 17.2. The third kappa shape index (κ3) is 3.98. The summed E-state index contributed by atoms with van der Waals surface area (Å²) in [6, 6.07) is 13.1. The van der Waals surface area contributed by atoms with Gasteiger partial charge in [-0.3, -0.25) is 0 Å². The average Bonchev–Trinajstić information content (AvgIpc) is 2.67. The summed E-state index contributed by atoms with van der Waals surface area (Å²) in [5.74, 6) is -0.731. The molecule has 0 saturated carbocycles. The Morgan fingerprint density at radius 3 is 2.30 bits per heavy atom. The number of carbonyl (C=O) groups excluding carboxylic acids is 1. The number of allylic oxidation sites excluding steroid dienone is 1. The monoisotopic (exact) mass is 394 g/mol. The maximum atomic E-state index is 13.5. The van der Waals surface area contributed by atoms with Gasteiger partial charge in [-0.05, 0) is 41.5 Å². The molecular formula is C19H14ClF3N2O2. The van der Waals surface area contributed by atoms with Crippen LogP contribution in [0.5, 0.6) is 0 Å². The van der Waals surface area contributed by atoms with Crippen molar-refractivity contribution in [3.05, 3.63) is 71.3 Å². The van der Waals surface area contributed by atoms with Gasteiger partial charge in [0.1, 0.15) is 0 Å². The number of para-hydroxylation sites is 1. The minimum atomic E-state index is -4.69. The van der Waals surface area contributed by atoms with Crippen molar-refractivity contribution < 1.29 is 22.7 Å². The van der Waals surface area contributed by atoms with Crippen molar-refractivity contribution in [2.24, 2.45) is 5.10 Å². The number of hydrogen-bond acceptors (Lipinski definition) is 4. The van der Waals surface area contributed by atoms with E-state index in [4.69, 9.17) is 16.3 Å². The first kappa shape index (κ1) is 19.0. The van der Waals surface area contributed by atoms with Gasteiger partial charge in [-0.1, -0.05) is 41.9 Å². The molecule has 4 nitrogen and oxygen atoms in total. The van der Waals surface area contributed by atoms with Crippen molar-refractivity contribution in [1.82, 2.24) is 0 Å². The Balaban J connectivity index is 2.20. The molecule has 0 aromatic heterocycles. The number of rotatable bonds is 3. The van der Waals surface area contributed by atoms with E-state index in [1.165, 1.54) is 19.2 Å². The molecule has 0 fully saturated rings. The van der Waals surface area contributed by atoms with Gasteiger partial charge in [0, 0.05) is 5.02 Å². The molecule has 0 radical (unpaired) electrons. The Morgan fingerprint density at radius 1 is 1.11 bits per heavy atom. The van der Waals surface area contributed by atoms with Crippen LogP contribution in [0.15, 0.2) is 65.8 Å². The van der Waals surface area contributed by atoms with E-state index in [2.05, 4.69) is 5.10 Å². The summed E-state index contributed by atoms with van der Waals surface area (Å²) in [5, 5.41) is 5.14. The van der Waals surface area contributed by atoms with Crippen LogP contribution in [0.25, 0.3) is 5.57 Å². The molecule has 1 heterocycles. The lowest BCUT2D eigenvalue weighted by Gasteiger charge is -2.33. The van der Waals surface area contributed by atoms with E-state index in [-0.39, 0.29) is 5.57 Å². The molecule has 0 N–H and O–H groups in total. The zero-order valence-corrected chi connectivity index (χ0v) is 14.8. The molecule has 0 aliphatic carbocycles. The number of methoxy groups -OCH3 is 1. The third-order valence-corrected chi connectivity index (χ3v) is 4.21. The second-order valence-electron chi connectivity index (χ2n) is 5.70. The van der Waals surface area contributed by atoms with Crippen LogP contribution in [-0.2, 0) is 9.53 Å². The van der Waals surface area contributed by atoms with Crippen molar-refractivity contribution in [1.29, 1.82) is 0 Å². The van der Waals surface area contributed by atoms with E-state index in [1.807, 2.05) is 0 Å². The first-order valence-corrected chi connectivity index (χ1v) is 8.24. The van der Waals surface area contributed by atoms with Gasteiger partial charge < -0.3 is 4.74 Å². The second-order valence-corrected chi connectivity index (χ2v) is 6.13. The van der Waals surface area contributed by atoms with Crippen LogP contribution in [0.3, 0.4) is 0 Å². The lowest BCUT2D eigenvalue weighted by atomic mass is 9.94. The fourth-order valence-electron chi connectivity index (χ4n) is 2.71. The lowest BCUT2D eigenvalue weighted by Crippen LogP contribution is -2.44. The van der Waals surface area contributed by atoms with Gasteiger partial charge in [0.2, 0.25) is 0 Å². The first-order chi connectivity index (χ1) is 12.8. The predicted octanol–water partition coefficient (Wildman–Crippen LogP) is 4.70. The zero-order chi connectivity index (χ0) is 19.6. The molecular weight excluding hydrogens is 381 g/mol.